The summed E-state index contributed by atoms with van der Waals surface area (Å²) in [6.45, 7) is 0.359. The Balaban J connectivity index is 1.47. The van der Waals surface area contributed by atoms with Crippen LogP contribution < -0.4 is 10.6 Å². The van der Waals surface area contributed by atoms with Crippen molar-refractivity contribution in [3.8, 4) is 0 Å². The molecule has 6 nitrogen and oxygen atoms in total. The van der Waals surface area contributed by atoms with Crippen molar-refractivity contribution in [3.05, 3.63) is 71.3 Å². The van der Waals surface area contributed by atoms with E-state index in [4.69, 9.17) is 0 Å². The van der Waals surface area contributed by atoms with Gasteiger partial charge in [0.15, 0.2) is 0 Å². The number of urea groups is 1. The van der Waals surface area contributed by atoms with Crippen molar-refractivity contribution < 1.29 is 14.4 Å². The van der Waals surface area contributed by atoms with Gasteiger partial charge in [0.05, 0.1) is 0 Å². The van der Waals surface area contributed by atoms with Crippen LogP contribution in [0.2, 0.25) is 0 Å². The topological polar surface area (TPSA) is 78.5 Å². The lowest BCUT2D eigenvalue weighted by Gasteiger charge is -2.28. The summed E-state index contributed by atoms with van der Waals surface area (Å²) in [5, 5.41) is 5.88. The first kappa shape index (κ1) is 19.2. The third-order valence-electron chi connectivity index (χ3n) is 6.15. The zero-order valence-corrected chi connectivity index (χ0v) is 16.5. The van der Waals surface area contributed by atoms with Gasteiger partial charge in [0, 0.05) is 25.1 Å². The molecule has 1 heterocycles. The van der Waals surface area contributed by atoms with Gasteiger partial charge in [0.1, 0.15) is 5.54 Å². The van der Waals surface area contributed by atoms with Gasteiger partial charge in [-0.15, -0.1) is 0 Å². The van der Waals surface area contributed by atoms with Crippen molar-refractivity contribution in [2.75, 3.05) is 13.6 Å². The molecule has 2 aliphatic rings. The van der Waals surface area contributed by atoms with Crippen molar-refractivity contribution in [3.63, 3.8) is 0 Å². The molecule has 1 aliphatic heterocycles. The summed E-state index contributed by atoms with van der Waals surface area (Å²) in [5.41, 5.74) is 1.87. The van der Waals surface area contributed by atoms with Crippen molar-refractivity contribution >= 4 is 17.8 Å². The molecule has 2 fully saturated rings. The summed E-state index contributed by atoms with van der Waals surface area (Å²) < 4.78 is 0. The molecule has 2 aromatic carbocycles. The Morgan fingerprint density at radius 2 is 1.86 bits per heavy atom. The molecule has 4 rings (SSSR count). The lowest BCUT2D eigenvalue weighted by Crippen LogP contribution is -2.53. The summed E-state index contributed by atoms with van der Waals surface area (Å²) in [4.78, 5) is 38.7. The average Bonchev–Trinajstić information content (AvgIpc) is 3.24. The number of hydrogen-bond donors (Lipinski definition) is 2. The van der Waals surface area contributed by atoms with Crippen LogP contribution in [-0.2, 0) is 11.2 Å². The lowest BCUT2D eigenvalue weighted by atomic mass is 9.86. The van der Waals surface area contributed by atoms with Gasteiger partial charge in [-0.2, -0.15) is 0 Å². The second-order valence-corrected chi connectivity index (χ2v) is 7.88. The number of nitrogens with zero attached hydrogens (tertiary/aromatic N) is 1. The maximum absolute atomic E-state index is 12.9. The van der Waals surface area contributed by atoms with Gasteiger partial charge < -0.3 is 10.6 Å². The van der Waals surface area contributed by atoms with Crippen molar-refractivity contribution in [2.24, 2.45) is 5.92 Å². The summed E-state index contributed by atoms with van der Waals surface area (Å²) in [7, 11) is 1.50. The second kappa shape index (κ2) is 7.70. The molecule has 1 aliphatic carbocycles. The van der Waals surface area contributed by atoms with E-state index in [2.05, 4.69) is 10.6 Å². The van der Waals surface area contributed by atoms with Gasteiger partial charge in [-0.1, -0.05) is 55.0 Å². The number of nitrogens with one attached hydrogen (secondary N) is 2. The first-order valence-corrected chi connectivity index (χ1v) is 10.0. The number of likely N-dealkylation sites (N-methyl/N-ethyl adjacent to an activating group) is 1. The van der Waals surface area contributed by atoms with Crippen LogP contribution in [0.3, 0.4) is 0 Å². The molecule has 1 saturated carbocycles. The highest BCUT2D eigenvalue weighted by Gasteiger charge is 2.56. The van der Waals surface area contributed by atoms with Crippen LogP contribution in [0.5, 0.6) is 0 Å². The van der Waals surface area contributed by atoms with E-state index in [-0.39, 0.29) is 23.8 Å². The lowest BCUT2D eigenvalue weighted by molar-refractivity contribution is -0.131. The highest BCUT2D eigenvalue weighted by molar-refractivity contribution is 6.07. The van der Waals surface area contributed by atoms with Gasteiger partial charge >= 0.3 is 6.03 Å². The molecule has 0 unspecified atom stereocenters. The van der Waals surface area contributed by atoms with E-state index in [1.165, 1.54) is 7.05 Å². The van der Waals surface area contributed by atoms with E-state index in [0.29, 0.717) is 24.9 Å². The van der Waals surface area contributed by atoms with Crippen LogP contribution in [0, 0.1) is 5.92 Å². The van der Waals surface area contributed by atoms with E-state index >= 15 is 0 Å². The molecule has 29 heavy (non-hydrogen) atoms. The van der Waals surface area contributed by atoms with Crippen LogP contribution in [0.4, 0.5) is 4.79 Å². The Labute approximate surface area is 170 Å². The Morgan fingerprint density at radius 3 is 2.59 bits per heavy atom. The Hall–Kier alpha value is -3.15. The first-order valence-electron chi connectivity index (χ1n) is 10.0. The summed E-state index contributed by atoms with van der Waals surface area (Å²) in [5.74, 6) is -0.443. The largest absolute Gasteiger partial charge is 0.352 e. The maximum atomic E-state index is 12.9. The van der Waals surface area contributed by atoms with E-state index in [1.54, 1.807) is 0 Å². The zero-order valence-electron chi connectivity index (χ0n) is 16.5. The van der Waals surface area contributed by atoms with Crippen LogP contribution in [0.25, 0.3) is 0 Å². The van der Waals surface area contributed by atoms with Crippen LogP contribution >= 0.6 is 0 Å². The monoisotopic (exact) mass is 391 g/mol. The number of benzene rings is 2. The van der Waals surface area contributed by atoms with Crippen molar-refractivity contribution in [2.45, 2.75) is 31.2 Å². The van der Waals surface area contributed by atoms with Crippen LogP contribution in [0.1, 0.15) is 40.7 Å². The molecule has 0 radical (unpaired) electrons. The molecule has 1 saturated heterocycles. The minimum absolute atomic E-state index is 0.103. The van der Waals surface area contributed by atoms with E-state index in [9.17, 15) is 14.4 Å². The van der Waals surface area contributed by atoms with Crippen molar-refractivity contribution in [1.82, 2.24) is 15.5 Å². The Kier molecular flexibility index (Phi) is 5.09. The third-order valence-corrected chi connectivity index (χ3v) is 6.15. The third kappa shape index (κ3) is 3.50. The van der Waals surface area contributed by atoms with Gasteiger partial charge in [-0.05, 0) is 36.5 Å². The molecular weight excluding hydrogens is 366 g/mol. The molecule has 2 N–H and O–H groups in total. The van der Waals surface area contributed by atoms with Gasteiger partial charge in [-0.25, -0.2) is 4.79 Å². The SMILES string of the molecule is CN1C(=O)N[C@@]2(CCC[C@@H]2CNC(=O)c2ccccc2Cc2ccccc2)C1=O. The summed E-state index contributed by atoms with van der Waals surface area (Å²) >= 11 is 0. The number of amides is 4. The highest BCUT2D eigenvalue weighted by Crippen LogP contribution is 2.39. The first-order chi connectivity index (χ1) is 14.0. The van der Waals surface area contributed by atoms with Crippen molar-refractivity contribution in [1.29, 1.82) is 0 Å². The fourth-order valence-corrected chi connectivity index (χ4v) is 4.54. The van der Waals surface area contributed by atoms with E-state index in [1.807, 2.05) is 54.6 Å². The standard InChI is InChI=1S/C23H25N3O3/c1-26-21(28)23(25-22(26)29)13-7-11-18(23)15-24-20(27)19-12-6-5-10-17(19)14-16-8-3-2-4-9-16/h2-6,8-10,12,18H,7,11,13-15H2,1H3,(H,24,27)(H,25,29)/t18-,23-/m1/s1. The molecular formula is C23H25N3O3. The zero-order chi connectivity index (χ0) is 20.4. The minimum Gasteiger partial charge on any atom is -0.352 e. The molecule has 2 aromatic rings. The quantitative estimate of drug-likeness (QED) is 0.770. The summed E-state index contributed by atoms with van der Waals surface area (Å²) in [6, 6.07) is 17.3. The molecule has 6 heteroatoms. The van der Waals surface area contributed by atoms with Crippen LogP contribution in [-0.4, -0.2) is 41.9 Å². The Morgan fingerprint density at radius 1 is 1.14 bits per heavy atom. The average molecular weight is 391 g/mol. The van der Waals surface area contributed by atoms with Crippen LogP contribution in [0.15, 0.2) is 54.6 Å². The number of rotatable bonds is 5. The predicted octanol–water partition coefficient (Wildman–Crippen LogP) is 2.73. The number of carbonyl (C=O) groups is 3. The molecule has 150 valence electrons. The molecule has 4 amide bonds. The van der Waals surface area contributed by atoms with E-state index < -0.39 is 5.54 Å². The second-order valence-electron chi connectivity index (χ2n) is 7.88. The highest BCUT2D eigenvalue weighted by atomic mass is 16.2. The van der Waals surface area contributed by atoms with E-state index in [0.717, 1.165) is 28.9 Å². The maximum Gasteiger partial charge on any atom is 0.324 e. The predicted molar refractivity (Wildman–Crippen MR) is 109 cm³/mol. The molecule has 2 atom stereocenters. The normalized spacial score (nSPS) is 23.5. The number of imide groups is 1. The Bertz CT molecular complexity index is 943. The van der Waals surface area contributed by atoms with Gasteiger partial charge in [0.25, 0.3) is 11.8 Å². The molecule has 1 spiro atoms. The molecule has 0 aromatic heterocycles. The smallest absolute Gasteiger partial charge is 0.324 e. The minimum atomic E-state index is -0.872. The summed E-state index contributed by atoms with van der Waals surface area (Å²) in [6.07, 6.45) is 2.95. The molecule has 0 bridgehead atoms. The fraction of sp³-hybridized carbons (Fsp3) is 0.348. The number of carbonyl (C=O) groups excluding carboxylic acids is 3. The van der Waals surface area contributed by atoms with Gasteiger partial charge in [0.2, 0.25) is 0 Å². The fourth-order valence-electron chi connectivity index (χ4n) is 4.54. The number of hydrogen-bond acceptors (Lipinski definition) is 3. The van der Waals surface area contributed by atoms with Gasteiger partial charge in [-0.3, -0.25) is 14.5 Å².